The van der Waals surface area contributed by atoms with E-state index in [4.69, 9.17) is 0 Å². The fraction of sp³-hybridized carbons (Fsp3) is 0.619. The topological polar surface area (TPSA) is 90.0 Å². The van der Waals surface area contributed by atoms with E-state index in [1.807, 2.05) is 4.90 Å². The second-order valence-corrected chi connectivity index (χ2v) is 10.2. The van der Waals surface area contributed by atoms with Gasteiger partial charge in [0.25, 0.3) is 5.91 Å². The Morgan fingerprint density at radius 3 is 2.43 bits per heavy atom. The summed E-state index contributed by atoms with van der Waals surface area (Å²) in [6, 6.07) is 5.37. The average molecular weight is 437 g/mol. The van der Waals surface area contributed by atoms with Crippen LogP contribution in [0.5, 0.6) is 0 Å². The van der Waals surface area contributed by atoms with Gasteiger partial charge in [0, 0.05) is 44.3 Å². The Morgan fingerprint density at radius 1 is 1.10 bits per heavy atom. The molecule has 0 saturated carbocycles. The molecule has 1 N–H and O–H groups in total. The number of rotatable bonds is 5. The monoisotopic (exact) mass is 436 g/mol. The van der Waals surface area contributed by atoms with Crippen LogP contribution in [0.15, 0.2) is 18.2 Å². The number of nitrogens with one attached hydrogen (secondary N) is 1. The Labute approximate surface area is 179 Å². The highest BCUT2D eigenvalue weighted by Crippen LogP contribution is 2.20. The summed E-state index contributed by atoms with van der Waals surface area (Å²) in [5.41, 5.74) is 1.63. The Balaban J connectivity index is 1.56. The molecule has 8 nitrogen and oxygen atoms in total. The largest absolute Gasteiger partial charge is 0.339 e. The number of benzene rings is 1. The minimum atomic E-state index is -3.42. The van der Waals surface area contributed by atoms with E-state index in [-0.39, 0.29) is 11.8 Å². The number of aryl methyl sites for hydroxylation is 1. The van der Waals surface area contributed by atoms with Crippen LogP contribution in [0.3, 0.4) is 0 Å². The van der Waals surface area contributed by atoms with Crippen LogP contribution >= 0.6 is 0 Å². The zero-order chi connectivity index (χ0) is 21.9. The minimum Gasteiger partial charge on any atom is -0.339 e. The van der Waals surface area contributed by atoms with Gasteiger partial charge in [0.05, 0.1) is 18.5 Å². The van der Waals surface area contributed by atoms with Crippen LogP contribution in [0, 0.1) is 6.92 Å². The number of piperidine rings is 1. The van der Waals surface area contributed by atoms with Gasteiger partial charge in [-0.2, -0.15) is 0 Å². The fourth-order valence-electron chi connectivity index (χ4n) is 4.11. The van der Waals surface area contributed by atoms with Crippen LogP contribution in [-0.2, 0) is 14.8 Å². The molecule has 1 aromatic rings. The molecule has 0 aliphatic carbocycles. The van der Waals surface area contributed by atoms with Gasteiger partial charge in [-0.05, 0) is 50.8 Å². The standard InChI is InChI=1S/C21H32N4O4S/c1-16-7-8-18(14-19(16)22-30(3,28)29)21(27)24-12-10-23(11-13-24)15-20(26)25-9-5-4-6-17(25)2/h7-8,14,17,22H,4-6,9-13,15H2,1-3H3/t17-/m0/s1. The highest BCUT2D eigenvalue weighted by molar-refractivity contribution is 7.92. The van der Waals surface area contributed by atoms with Crippen molar-refractivity contribution >= 4 is 27.5 Å². The molecular weight excluding hydrogens is 404 g/mol. The average Bonchev–Trinajstić information content (AvgIpc) is 2.69. The molecule has 30 heavy (non-hydrogen) atoms. The molecule has 1 atom stereocenters. The summed E-state index contributed by atoms with van der Waals surface area (Å²) in [6.07, 6.45) is 4.42. The van der Waals surface area contributed by atoms with Crippen molar-refractivity contribution in [3.63, 3.8) is 0 Å². The lowest BCUT2D eigenvalue weighted by atomic mass is 10.0. The minimum absolute atomic E-state index is 0.123. The molecule has 0 aromatic heterocycles. The first-order valence-electron chi connectivity index (χ1n) is 10.5. The van der Waals surface area contributed by atoms with Gasteiger partial charge in [-0.1, -0.05) is 6.07 Å². The number of hydrogen-bond acceptors (Lipinski definition) is 5. The van der Waals surface area contributed by atoms with Crippen LogP contribution in [-0.4, -0.2) is 86.5 Å². The summed E-state index contributed by atoms with van der Waals surface area (Å²) in [4.78, 5) is 31.4. The number of hydrogen-bond donors (Lipinski definition) is 1. The number of likely N-dealkylation sites (tertiary alicyclic amines) is 1. The number of nitrogens with zero attached hydrogens (tertiary/aromatic N) is 3. The Kier molecular flexibility index (Phi) is 7.02. The Hall–Kier alpha value is -2.13. The number of carbonyl (C=O) groups is 2. The van der Waals surface area contributed by atoms with Crippen LogP contribution in [0.25, 0.3) is 0 Å². The van der Waals surface area contributed by atoms with Crippen molar-refractivity contribution in [2.75, 3.05) is 50.2 Å². The van der Waals surface area contributed by atoms with Crippen molar-refractivity contribution in [1.29, 1.82) is 0 Å². The van der Waals surface area contributed by atoms with Crippen LogP contribution in [0.4, 0.5) is 5.69 Å². The SMILES string of the molecule is Cc1ccc(C(=O)N2CCN(CC(=O)N3CCCC[C@@H]3C)CC2)cc1NS(C)(=O)=O. The zero-order valence-corrected chi connectivity index (χ0v) is 18.9. The second-order valence-electron chi connectivity index (χ2n) is 8.40. The molecule has 2 saturated heterocycles. The van der Waals surface area contributed by atoms with Crippen molar-refractivity contribution in [3.05, 3.63) is 29.3 Å². The Bertz CT molecular complexity index is 894. The number of sulfonamides is 1. The molecule has 2 aliphatic rings. The first-order chi connectivity index (χ1) is 14.1. The number of piperazine rings is 1. The third kappa shape index (κ3) is 5.72. The summed E-state index contributed by atoms with van der Waals surface area (Å²) in [5, 5.41) is 0. The van der Waals surface area contributed by atoms with Crippen LogP contribution in [0.1, 0.15) is 42.1 Å². The predicted molar refractivity (Wildman–Crippen MR) is 117 cm³/mol. The van der Waals surface area contributed by atoms with Gasteiger partial charge in [-0.3, -0.25) is 19.2 Å². The van der Waals surface area contributed by atoms with Gasteiger partial charge in [0.15, 0.2) is 0 Å². The maximum absolute atomic E-state index is 12.9. The molecule has 2 aliphatic heterocycles. The maximum atomic E-state index is 12.9. The van der Waals surface area contributed by atoms with E-state index in [9.17, 15) is 18.0 Å². The lowest BCUT2D eigenvalue weighted by Gasteiger charge is -2.38. The lowest BCUT2D eigenvalue weighted by Crippen LogP contribution is -2.53. The van der Waals surface area contributed by atoms with Gasteiger partial charge in [0.1, 0.15) is 0 Å². The van der Waals surface area contributed by atoms with E-state index in [0.717, 1.165) is 31.2 Å². The molecule has 0 unspecified atom stereocenters. The summed E-state index contributed by atoms with van der Waals surface area (Å²) in [6.45, 7) is 7.55. The van der Waals surface area contributed by atoms with Crippen molar-refractivity contribution in [3.8, 4) is 0 Å². The molecule has 0 spiro atoms. The predicted octanol–water partition coefficient (Wildman–Crippen LogP) is 1.53. The Morgan fingerprint density at radius 2 is 1.80 bits per heavy atom. The maximum Gasteiger partial charge on any atom is 0.254 e. The summed E-state index contributed by atoms with van der Waals surface area (Å²) >= 11 is 0. The molecule has 2 amide bonds. The van der Waals surface area contributed by atoms with E-state index in [1.54, 1.807) is 30.0 Å². The quantitative estimate of drug-likeness (QED) is 0.756. The molecule has 3 rings (SSSR count). The van der Waals surface area contributed by atoms with E-state index < -0.39 is 10.0 Å². The zero-order valence-electron chi connectivity index (χ0n) is 18.1. The van der Waals surface area contributed by atoms with Crippen LogP contribution < -0.4 is 4.72 Å². The van der Waals surface area contributed by atoms with Gasteiger partial charge in [-0.25, -0.2) is 8.42 Å². The first-order valence-corrected chi connectivity index (χ1v) is 12.4. The molecule has 2 fully saturated rings. The third-order valence-corrected chi connectivity index (χ3v) is 6.51. The second kappa shape index (κ2) is 9.34. The molecule has 0 radical (unpaired) electrons. The number of amides is 2. The lowest BCUT2D eigenvalue weighted by molar-refractivity contribution is -0.136. The summed E-state index contributed by atoms with van der Waals surface area (Å²) in [7, 11) is -3.42. The molecule has 166 valence electrons. The van der Waals surface area contributed by atoms with Crippen molar-refractivity contribution in [2.45, 2.75) is 39.2 Å². The molecule has 2 heterocycles. The number of anilines is 1. The van der Waals surface area contributed by atoms with E-state index in [2.05, 4.69) is 16.5 Å². The van der Waals surface area contributed by atoms with Gasteiger partial charge < -0.3 is 9.80 Å². The van der Waals surface area contributed by atoms with E-state index in [0.29, 0.717) is 50.0 Å². The fourth-order valence-corrected chi connectivity index (χ4v) is 4.73. The molecule has 0 bridgehead atoms. The molecule has 1 aromatic carbocycles. The molecule has 9 heteroatoms. The molecular formula is C21H32N4O4S. The first kappa shape index (κ1) is 22.6. The summed E-state index contributed by atoms with van der Waals surface area (Å²) < 4.78 is 25.6. The van der Waals surface area contributed by atoms with E-state index >= 15 is 0 Å². The smallest absolute Gasteiger partial charge is 0.254 e. The van der Waals surface area contributed by atoms with Gasteiger partial charge in [0.2, 0.25) is 15.9 Å². The normalized spacial score (nSPS) is 20.8. The van der Waals surface area contributed by atoms with Crippen LogP contribution in [0.2, 0.25) is 0 Å². The third-order valence-electron chi connectivity index (χ3n) is 5.92. The van der Waals surface area contributed by atoms with Crippen molar-refractivity contribution in [2.24, 2.45) is 0 Å². The van der Waals surface area contributed by atoms with Gasteiger partial charge in [-0.15, -0.1) is 0 Å². The van der Waals surface area contributed by atoms with E-state index in [1.165, 1.54) is 6.42 Å². The van der Waals surface area contributed by atoms with Crippen molar-refractivity contribution in [1.82, 2.24) is 14.7 Å². The van der Waals surface area contributed by atoms with Gasteiger partial charge >= 0.3 is 0 Å². The summed E-state index contributed by atoms with van der Waals surface area (Å²) in [5.74, 6) is 0.0548. The van der Waals surface area contributed by atoms with Crippen molar-refractivity contribution < 1.29 is 18.0 Å². The number of carbonyl (C=O) groups excluding carboxylic acids is 2. The highest BCUT2D eigenvalue weighted by Gasteiger charge is 2.27. The highest BCUT2D eigenvalue weighted by atomic mass is 32.2.